The lowest BCUT2D eigenvalue weighted by Gasteiger charge is -2.20. The number of imidazole rings is 1. The van der Waals surface area contributed by atoms with Crippen LogP contribution >= 0.6 is 11.6 Å². The second-order valence-corrected chi connectivity index (χ2v) is 10.0. The summed E-state index contributed by atoms with van der Waals surface area (Å²) in [6, 6.07) is 3.89. The fourth-order valence-electron chi connectivity index (χ4n) is 5.39. The Bertz CT molecular complexity index is 2060. The number of aromatic nitrogens is 4. The molecule has 1 amide bonds. The van der Waals surface area contributed by atoms with E-state index in [1.165, 1.54) is 6.07 Å². The zero-order valence-corrected chi connectivity index (χ0v) is 22.4. The van der Waals surface area contributed by atoms with Gasteiger partial charge < -0.3 is 10.6 Å². The Morgan fingerprint density at radius 1 is 1.05 bits per heavy atom. The highest BCUT2D eigenvalue weighted by atomic mass is 35.5. The van der Waals surface area contributed by atoms with Gasteiger partial charge in [-0.15, -0.1) is 0 Å². The molecule has 228 valence electrons. The monoisotopic (exact) mass is 642 g/mol. The fraction of sp³-hybridized carbons (Fsp3) is 0.185. The van der Waals surface area contributed by atoms with E-state index in [1.807, 2.05) is 0 Å². The number of anilines is 2. The SMILES string of the molecule is O=C1NC(c2cc(F)ccc2Cl)c2c(Nc3ncnc4c(C(F)(F)F)cc(F)cc34)cc3c(c21)n(C(F)F)c(=O)n3CCF. The largest absolute Gasteiger partial charge is 0.418 e. The molecule has 0 saturated heterocycles. The Morgan fingerprint density at radius 3 is 2.48 bits per heavy atom. The second-order valence-electron chi connectivity index (χ2n) is 9.62. The lowest BCUT2D eigenvalue weighted by atomic mass is 9.95. The van der Waals surface area contributed by atoms with Gasteiger partial charge in [0.1, 0.15) is 30.5 Å². The number of benzene rings is 3. The van der Waals surface area contributed by atoms with Crippen LogP contribution in [0.1, 0.15) is 39.6 Å². The lowest BCUT2D eigenvalue weighted by molar-refractivity contribution is -0.136. The molecule has 5 aromatic rings. The molecule has 0 bridgehead atoms. The summed E-state index contributed by atoms with van der Waals surface area (Å²) in [7, 11) is 0. The molecule has 1 aliphatic heterocycles. The van der Waals surface area contributed by atoms with E-state index in [-0.39, 0.29) is 38.0 Å². The first-order chi connectivity index (χ1) is 20.8. The minimum atomic E-state index is -5.01. The number of carbonyl (C=O) groups is 1. The summed E-state index contributed by atoms with van der Waals surface area (Å²) in [6.45, 7) is -5.33. The summed E-state index contributed by atoms with van der Waals surface area (Å²) >= 11 is 6.30. The van der Waals surface area contributed by atoms with Gasteiger partial charge in [-0.25, -0.2) is 32.5 Å². The van der Waals surface area contributed by atoms with Gasteiger partial charge >= 0.3 is 18.4 Å². The van der Waals surface area contributed by atoms with Gasteiger partial charge in [-0.1, -0.05) is 11.6 Å². The molecule has 0 aliphatic carbocycles. The molecule has 0 radical (unpaired) electrons. The molecule has 1 aliphatic rings. The lowest BCUT2D eigenvalue weighted by Crippen LogP contribution is -2.26. The third-order valence-electron chi connectivity index (χ3n) is 7.11. The number of fused-ring (bicyclic) bond motifs is 4. The maximum absolute atomic E-state index is 14.4. The highest BCUT2D eigenvalue weighted by Gasteiger charge is 2.39. The molecule has 2 aromatic heterocycles. The van der Waals surface area contributed by atoms with Gasteiger partial charge in [-0.05, 0) is 36.4 Å². The van der Waals surface area contributed by atoms with E-state index in [0.29, 0.717) is 4.57 Å². The van der Waals surface area contributed by atoms with Crippen molar-refractivity contribution in [2.24, 2.45) is 0 Å². The molecule has 0 spiro atoms. The van der Waals surface area contributed by atoms with E-state index in [1.54, 1.807) is 0 Å². The first kappa shape index (κ1) is 29.3. The van der Waals surface area contributed by atoms with Crippen molar-refractivity contribution in [1.29, 1.82) is 0 Å². The minimum Gasteiger partial charge on any atom is -0.341 e. The molecule has 1 unspecified atom stereocenters. The number of hydrogen-bond donors (Lipinski definition) is 2. The van der Waals surface area contributed by atoms with Crippen molar-refractivity contribution in [2.75, 3.05) is 12.0 Å². The van der Waals surface area contributed by atoms with Crippen LogP contribution < -0.4 is 16.3 Å². The molecule has 8 nitrogen and oxygen atoms in total. The fourth-order valence-corrected chi connectivity index (χ4v) is 5.61. The van der Waals surface area contributed by atoms with Crippen LogP contribution in [-0.4, -0.2) is 31.7 Å². The van der Waals surface area contributed by atoms with Crippen molar-refractivity contribution >= 4 is 50.9 Å². The van der Waals surface area contributed by atoms with Crippen molar-refractivity contribution in [3.63, 3.8) is 0 Å². The van der Waals surface area contributed by atoms with Crippen LogP contribution in [0.4, 0.5) is 46.6 Å². The van der Waals surface area contributed by atoms with E-state index in [0.717, 1.165) is 30.6 Å². The Morgan fingerprint density at radius 2 is 1.80 bits per heavy atom. The molecule has 1 atom stereocenters. The van der Waals surface area contributed by atoms with Crippen molar-refractivity contribution in [3.8, 4) is 0 Å². The molecule has 2 N–H and O–H groups in total. The van der Waals surface area contributed by atoms with E-state index in [9.17, 15) is 44.7 Å². The van der Waals surface area contributed by atoms with Crippen molar-refractivity contribution in [3.05, 3.63) is 92.1 Å². The third-order valence-corrected chi connectivity index (χ3v) is 7.46. The maximum Gasteiger partial charge on any atom is 0.418 e. The predicted molar refractivity (Wildman–Crippen MR) is 142 cm³/mol. The quantitative estimate of drug-likeness (QED) is 0.203. The molecule has 0 saturated carbocycles. The summed E-state index contributed by atoms with van der Waals surface area (Å²) < 4.78 is 112. The van der Waals surface area contributed by atoms with Crippen LogP contribution in [0, 0.1) is 11.6 Å². The summed E-state index contributed by atoms with van der Waals surface area (Å²) in [5, 5.41) is 4.71. The first-order valence-electron chi connectivity index (χ1n) is 12.5. The number of amides is 1. The molecule has 3 heterocycles. The maximum atomic E-state index is 14.4. The van der Waals surface area contributed by atoms with Gasteiger partial charge in [0.25, 0.3) is 5.91 Å². The third kappa shape index (κ3) is 4.60. The van der Waals surface area contributed by atoms with Crippen LogP contribution in [0.25, 0.3) is 21.9 Å². The smallest absolute Gasteiger partial charge is 0.341 e. The highest BCUT2D eigenvalue weighted by Crippen LogP contribution is 2.45. The first-order valence-corrected chi connectivity index (χ1v) is 12.9. The highest BCUT2D eigenvalue weighted by molar-refractivity contribution is 6.31. The van der Waals surface area contributed by atoms with E-state index in [4.69, 9.17) is 11.6 Å². The number of alkyl halides is 6. The molecule has 17 heteroatoms. The normalized spacial score (nSPS) is 15.0. The van der Waals surface area contributed by atoms with Crippen LogP contribution in [-0.2, 0) is 12.7 Å². The summed E-state index contributed by atoms with van der Waals surface area (Å²) in [5.74, 6) is -3.46. The number of halogens is 9. The molecule has 6 rings (SSSR count). The zero-order chi connectivity index (χ0) is 31.7. The zero-order valence-electron chi connectivity index (χ0n) is 21.6. The van der Waals surface area contributed by atoms with Crippen LogP contribution in [0.2, 0.25) is 5.02 Å². The Hall–Kier alpha value is -4.73. The van der Waals surface area contributed by atoms with Crippen molar-refractivity contribution < 1.29 is 39.9 Å². The molecular formula is C27H15ClF8N6O2. The van der Waals surface area contributed by atoms with Crippen LogP contribution in [0.3, 0.4) is 0 Å². The number of hydrogen-bond acceptors (Lipinski definition) is 5. The van der Waals surface area contributed by atoms with E-state index < -0.39 is 88.6 Å². The second kappa shape index (κ2) is 10.5. The number of nitrogens with zero attached hydrogens (tertiary/aromatic N) is 4. The van der Waals surface area contributed by atoms with Gasteiger partial charge in [-0.2, -0.15) is 22.0 Å². The van der Waals surface area contributed by atoms with Gasteiger partial charge in [-0.3, -0.25) is 9.36 Å². The average molecular weight is 643 g/mol. The van der Waals surface area contributed by atoms with Crippen LogP contribution in [0.15, 0.2) is 47.5 Å². The molecular weight excluding hydrogens is 628 g/mol. The molecule has 44 heavy (non-hydrogen) atoms. The van der Waals surface area contributed by atoms with Gasteiger partial charge in [0.2, 0.25) is 0 Å². The average Bonchev–Trinajstić information content (AvgIpc) is 3.43. The Kier molecular flexibility index (Phi) is 6.98. The van der Waals surface area contributed by atoms with Gasteiger partial charge in [0.05, 0.1) is 40.3 Å². The summed E-state index contributed by atoms with van der Waals surface area (Å²) in [5.41, 5.74) is -5.26. The Labute approximate surface area is 244 Å². The number of carbonyl (C=O) groups excluding carboxylic acids is 1. The van der Waals surface area contributed by atoms with Gasteiger partial charge in [0, 0.05) is 27.2 Å². The summed E-state index contributed by atoms with van der Waals surface area (Å²) in [4.78, 5) is 34.0. The van der Waals surface area contributed by atoms with Crippen LogP contribution in [0.5, 0.6) is 0 Å². The number of aryl methyl sites for hydroxylation is 1. The predicted octanol–water partition coefficient (Wildman–Crippen LogP) is 6.64. The molecule has 3 aromatic carbocycles. The summed E-state index contributed by atoms with van der Waals surface area (Å²) in [6.07, 6.45) is -4.25. The standard InChI is InChI=1S/C27H15ClF8N6O2/c28-15-2-1-10(30)5-12(15)21-18-16(39-23-13-6-11(31)7-14(27(34,35)36)20(13)37-9-38-23)8-17-22(19(18)24(43)40-21)42(25(32)33)26(44)41(17)4-3-29/h1-2,5-9,21,25H,3-4H2,(H,40,43)(H,37,38,39). The van der Waals surface area contributed by atoms with E-state index >= 15 is 0 Å². The number of rotatable bonds is 6. The minimum absolute atomic E-state index is 0.00613. The topological polar surface area (TPSA) is 93.8 Å². The Balaban J connectivity index is 1.70. The van der Waals surface area contributed by atoms with E-state index in [2.05, 4.69) is 20.6 Å². The van der Waals surface area contributed by atoms with Crippen molar-refractivity contribution in [1.82, 2.24) is 24.4 Å². The van der Waals surface area contributed by atoms with Crippen molar-refractivity contribution in [2.45, 2.75) is 25.3 Å². The number of nitrogens with one attached hydrogen (secondary N) is 2. The molecule has 0 fully saturated rings. The van der Waals surface area contributed by atoms with Gasteiger partial charge in [0.15, 0.2) is 0 Å².